The molecule has 0 saturated heterocycles. The van der Waals surface area contributed by atoms with E-state index < -0.39 is 10.0 Å². The summed E-state index contributed by atoms with van der Waals surface area (Å²) < 4.78 is 24.2. The van der Waals surface area contributed by atoms with Gasteiger partial charge in [-0.3, -0.25) is 0 Å². The highest BCUT2D eigenvalue weighted by Crippen LogP contribution is 2.09. The van der Waals surface area contributed by atoms with E-state index in [0.717, 1.165) is 4.31 Å². The van der Waals surface area contributed by atoms with E-state index >= 15 is 0 Å². The van der Waals surface area contributed by atoms with Gasteiger partial charge in [-0.2, -0.15) is 0 Å². The minimum atomic E-state index is -3.51. The Morgan fingerprint density at radius 3 is 2.80 bits per heavy atom. The van der Waals surface area contributed by atoms with E-state index in [2.05, 4.69) is 9.97 Å². The van der Waals surface area contributed by atoms with Gasteiger partial charge in [-0.1, -0.05) is 6.08 Å². The van der Waals surface area contributed by atoms with Crippen LogP contribution in [0, 0.1) is 0 Å². The number of aliphatic hydroxyl groups excluding tert-OH is 1. The molecule has 0 aliphatic heterocycles. The Kier molecular flexibility index (Phi) is 3.61. The first-order valence-corrected chi connectivity index (χ1v) is 5.68. The second kappa shape index (κ2) is 4.56. The van der Waals surface area contributed by atoms with Crippen molar-refractivity contribution in [3.8, 4) is 0 Å². The summed E-state index contributed by atoms with van der Waals surface area (Å²) in [4.78, 5) is 6.42. The van der Waals surface area contributed by atoms with E-state index in [1.165, 1.54) is 32.4 Å². The Morgan fingerprint density at radius 1 is 1.60 bits per heavy atom. The molecule has 2 N–H and O–H groups in total. The topological polar surface area (TPSA) is 86.3 Å². The summed E-state index contributed by atoms with van der Waals surface area (Å²) in [6, 6.07) is 0. The highest BCUT2D eigenvalue weighted by atomic mass is 32.2. The molecule has 1 aromatic rings. The van der Waals surface area contributed by atoms with Crippen LogP contribution in [0.4, 0.5) is 0 Å². The SMILES string of the molecule is CN(C)S(=O)(=O)c1nc(C=CCO)c[nH]1. The monoisotopic (exact) mass is 231 g/mol. The smallest absolute Gasteiger partial charge is 0.276 e. The van der Waals surface area contributed by atoms with Gasteiger partial charge in [0.2, 0.25) is 5.16 Å². The van der Waals surface area contributed by atoms with Gasteiger partial charge in [0.05, 0.1) is 12.3 Å². The average Bonchev–Trinajstić information content (AvgIpc) is 2.63. The number of hydrogen-bond acceptors (Lipinski definition) is 4. The number of H-pyrrole nitrogens is 1. The fourth-order valence-corrected chi connectivity index (χ4v) is 1.66. The second-order valence-electron chi connectivity index (χ2n) is 3.00. The molecule has 7 heteroatoms. The molecule has 0 spiro atoms. The van der Waals surface area contributed by atoms with Crippen LogP contribution in [0.15, 0.2) is 17.4 Å². The lowest BCUT2D eigenvalue weighted by Gasteiger charge is -2.07. The van der Waals surface area contributed by atoms with Crippen LogP contribution in [0.25, 0.3) is 6.08 Å². The average molecular weight is 231 g/mol. The van der Waals surface area contributed by atoms with Crippen LogP contribution in [0.1, 0.15) is 5.69 Å². The molecule has 0 fully saturated rings. The summed E-state index contributed by atoms with van der Waals surface area (Å²) in [6.45, 7) is -0.109. The van der Waals surface area contributed by atoms with Crippen LogP contribution in [0.5, 0.6) is 0 Å². The summed E-state index contributed by atoms with van der Waals surface area (Å²) in [5.41, 5.74) is 0.462. The van der Waals surface area contributed by atoms with Crippen LogP contribution in [-0.4, -0.2) is 48.5 Å². The van der Waals surface area contributed by atoms with E-state index in [1.807, 2.05) is 0 Å². The third kappa shape index (κ3) is 2.65. The van der Waals surface area contributed by atoms with Gasteiger partial charge in [0.15, 0.2) is 0 Å². The molecular formula is C8H13N3O3S. The molecule has 84 valence electrons. The number of imidazole rings is 1. The molecule has 15 heavy (non-hydrogen) atoms. The number of rotatable bonds is 4. The third-order valence-corrected chi connectivity index (χ3v) is 3.35. The molecule has 0 amide bonds. The third-order valence-electron chi connectivity index (χ3n) is 1.69. The lowest BCUT2D eigenvalue weighted by Crippen LogP contribution is -2.23. The van der Waals surface area contributed by atoms with E-state index in [1.54, 1.807) is 0 Å². The zero-order chi connectivity index (χ0) is 11.5. The van der Waals surface area contributed by atoms with Crippen LogP contribution >= 0.6 is 0 Å². The van der Waals surface area contributed by atoms with Gasteiger partial charge >= 0.3 is 0 Å². The molecule has 1 rings (SSSR count). The zero-order valence-electron chi connectivity index (χ0n) is 8.51. The van der Waals surface area contributed by atoms with Crippen molar-refractivity contribution < 1.29 is 13.5 Å². The molecule has 0 bridgehead atoms. The molecule has 6 nitrogen and oxygen atoms in total. The first-order valence-electron chi connectivity index (χ1n) is 4.24. The lowest BCUT2D eigenvalue weighted by molar-refractivity contribution is 0.343. The maximum absolute atomic E-state index is 11.6. The van der Waals surface area contributed by atoms with Crippen molar-refractivity contribution in [1.82, 2.24) is 14.3 Å². The van der Waals surface area contributed by atoms with Crippen molar-refractivity contribution in [3.05, 3.63) is 18.0 Å². The highest BCUT2D eigenvalue weighted by Gasteiger charge is 2.20. The van der Waals surface area contributed by atoms with Gasteiger partial charge in [0.1, 0.15) is 0 Å². The molecule has 1 aromatic heterocycles. The molecule has 0 aliphatic rings. The summed E-state index contributed by atoms with van der Waals surface area (Å²) in [5.74, 6) is 0. The molecule has 0 saturated carbocycles. The Balaban J connectivity index is 2.99. The predicted octanol–water partition coefficient (Wildman–Crippen LogP) is -0.335. The van der Waals surface area contributed by atoms with Crippen molar-refractivity contribution in [2.75, 3.05) is 20.7 Å². The Bertz CT molecular complexity index is 447. The van der Waals surface area contributed by atoms with Crippen molar-refractivity contribution >= 4 is 16.1 Å². The Hall–Kier alpha value is -1.18. The molecule has 1 heterocycles. The minimum Gasteiger partial charge on any atom is -0.392 e. The van der Waals surface area contributed by atoms with Crippen LogP contribution in [0.2, 0.25) is 0 Å². The summed E-state index contributed by atoms with van der Waals surface area (Å²) in [5, 5.41) is 8.42. The summed E-state index contributed by atoms with van der Waals surface area (Å²) in [7, 11) is -0.648. The van der Waals surface area contributed by atoms with Crippen LogP contribution in [0.3, 0.4) is 0 Å². The van der Waals surface area contributed by atoms with Crippen molar-refractivity contribution in [2.24, 2.45) is 0 Å². The molecule has 0 aromatic carbocycles. The zero-order valence-corrected chi connectivity index (χ0v) is 9.32. The maximum atomic E-state index is 11.6. The van der Waals surface area contributed by atoms with E-state index in [-0.39, 0.29) is 11.8 Å². The quantitative estimate of drug-likeness (QED) is 0.742. The summed E-state index contributed by atoms with van der Waals surface area (Å²) in [6.07, 6.45) is 4.47. The van der Waals surface area contributed by atoms with Crippen LogP contribution in [-0.2, 0) is 10.0 Å². The molecule has 0 atom stereocenters. The normalized spacial score (nSPS) is 12.8. The standard InChI is InChI=1S/C8H13N3O3S/c1-11(2)15(13,14)8-9-6-7(10-8)4-3-5-12/h3-4,6,12H,5H2,1-2H3,(H,9,10). The second-order valence-corrected chi connectivity index (χ2v) is 5.07. The molecule has 0 radical (unpaired) electrons. The number of hydrogen-bond donors (Lipinski definition) is 2. The van der Waals surface area contributed by atoms with Gasteiger partial charge in [-0.25, -0.2) is 17.7 Å². The number of nitrogens with zero attached hydrogens (tertiary/aromatic N) is 2. The van der Waals surface area contributed by atoms with Gasteiger partial charge in [-0.05, 0) is 6.08 Å². The first kappa shape index (κ1) is 11.9. The Morgan fingerprint density at radius 2 is 2.27 bits per heavy atom. The van der Waals surface area contributed by atoms with Gasteiger partial charge in [0, 0.05) is 20.3 Å². The number of aromatic amines is 1. The van der Waals surface area contributed by atoms with Gasteiger partial charge in [-0.15, -0.1) is 0 Å². The number of nitrogens with one attached hydrogen (secondary N) is 1. The van der Waals surface area contributed by atoms with Crippen molar-refractivity contribution in [3.63, 3.8) is 0 Å². The first-order chi connectivity index (χ1) is 6.98. The number of aromatic nitrogens is 2. The van der Waals surface area contributed by atoms with Gasteiger partial charge < -0.3 is 10.1 Å². The van der Waals surface area contributed by atoms with E-state index in [4.69, 9.17) is 5.11 Å². The number of aliphatic hydroxyl groups is 1. The highest BCUT2D eigenvalue weighted by molar-refractivity contribution is 7.88. The van der Waals surface area contributed by atoms with E-state index in [9.17, 15) is 8.42 Å². The molecule has 0 aliphatic carbocycles. The maximum Gasteiger partial charge on any atom is 0.276 e. The van der Waals surface area contributed by atoms with Gasteiger partial charge in [0.25, 0.3) is 10.0 Å². The predicted molar refractivity (Wildman–Crippen MR) is 55.6 cm³/mol. The molecule has 0 unspecified atom stereocenters. The fourth-order valence-electron chi connectivity index (χ4n) is 0.881. The van der Waals surface area contributed by atoms with Crippen LogP contribution < -0.4 is 0 Å². The lowest BCUT2D eigenvalue weighted by atomic mass is 10.4. The minimum absolute atomic E-state index is 0.106. The van der Waals surface area contributed by atoms with Crippen molar-refractivity contribution in [2.45, 2.75) is 5.16 Å². The number of sulfonamides is 1. The fraction of sp³-hybridized carbons (Fsp3) is 0.375. The van der Waals surface area contributed by atoms with Crippen molar-refractivity contribution in [1.29, 1.82) is 0 Å². The molecular weight excluding hydrogens is 218 g/mol. The Labute approximate surface area is 88.3 Å². The largest absolute Gasteiger partial charge is 0.392 e. The van der Waals surface area contributed by atoms with E-state index in [0.29, 0.717) is 5.69 Å². The summed E-state index contributed by atoms with van der Waals surface area (Å²) >= 11 is 0.